The standard InChI is InChI=1S/C19H22N6O3/c1-5-20-19(26)25-7-6-14-13(9-25)8-21-10(2)16(14)17-22-18(28-24-17)15-11(3)23-27-12(15)4/h8H,5-7,9H2,1-4H3,(H,20,26). The van der Waals surface area contributed by atoms with Crippen molar-refractivity contribution in [2.24, 2.45) is 0 Å². The van der Waals surface area contributed by atoms with Crippen molar-refractivity contribution in [3.63, 3.8) is 0 Å². The fourth-order valence-electron chi connectivity index (χ4n) is 3.60. The van der Waals surface area contributed by atoms with Gasteiger partial charge in [-0.15, -0.1) is 0 Å². The lowest BCUT2D eigenvalue weighted by Gasteiger charge is -2.29. The zero-order valence-corrected chi connectivity index (χ0v) is 16.4. The van der Waals surface area contributed by atoms with E-state index in [1.807, 2.05) is 33.9 Å². The van der Waals surface area contributed by atoms with Crippen LogP contribution in [-0.4, -0.2) is 44.3 Å². The number of nitrogens with one attached hydrogen (secondary N) is 1. The number of rotatable bonds is 3. The van der Waals surface area contributed by atoms with E-state index in [0.717, 1.165) is 27.9 Å². The number of pyridine rings is 1. The topological polar surface area (TPSA) is 110 Å². The fraction of sp³-hybridized carbons (Fsp3) is 0.421. The maximum atomic E-state index is 12.2. The number of hydrogen-bond acceptors (Lipinski definition) is 7. The molecule has 28 heavy (non-hydrogen) atoms. The molecule has 2 amide bonds. The highest BCUT2D eigenvalue weighted by atomic mass is 16.5. The Morgan fingerprint density at radius 2 is 2.00 bits per heavy atom. The first-order valence-corrected chi connectivity index (χ1v) is 9.27. The SMILES string of the molecule is CCNC(=O)N1CCc2c(cnc(C)c2-c2noc(-c3c(C)noc3C)n2)C1. The second-order valence-corrected chi connectivity index (χ2v) is 6.85. The Morgan fingerprint density at radius 3 is 2.71 bits per heavy atom. The number of fused-ring (bicyclic) bond motifs is 1. The van der Waals surface area contributed by atoms with Crippen LogP contribution in [-0.2, 0) is 13.0 Å². The molecule has 0 saturated carbocycles. The van der Waals surface area contributed by atoms with Gasteiger partial charge in [-0.3, -0.25) is 4.98 Å². The molecule has 4 rings (SSSR count). The summed E-state index contributed by atoms with van der Waals surface area (Å²) < 4.78 is 10.7. The van der Waals surface area contributed by atoms with Crippen LogP contribution < -0.4 is 5.32 Å². The molecule has 1 N–H and O–H groups in total. The van der Waals surface area contributed by atoms with Crippen LogP contribution in [0.5, 0.6) is 0 Å². The summed E-state index contributed by atoms with van der Waals surface area (Å²) in [4.78, 5) is 23.0. The Labute approximate surface area is 162 Å². The molecular formula is C19H22N6O3. The molecule has 0 radical (unpaired) electrons. The van der Waals surface area contributed by atoms with Gasteiger partial charge in [0.2, 0.25) is 5.82 Å². The van der Waals surface area contributed by atoms with Gasteiger partial charge >= 0.3 is 6.03 Å². The lowest BCUT2D eigenvalue weighted by molar-refractivity contribution is 0.193. The molecule has 3 aromatic rings. The predicted octanol–water partition coefficient (Wildman–Crippen LogP) is 2.80. The number of aryl methyl sites for hydroxylation is 3. The smallest absolute Gasteiger partial charge is 0.317 e. The van der Waals surface area contributed by atoms with Crippen molar-refractivity contribution in [3.05, 3.63) is 34.5 Å². The molecule has 0 saturated heterocycles. The molecule has 3 aromatic heterocycles. The largest absolute Gasteiger partial charge is 0.361 e. The molecule has 4 heterocycles. The lowest BCUT2D eigenvalue weighted by atomic mass is 9.94. The zero-order chi connectivity index (χ0) is 19.8. The first-order valence-electron chi connectivity index (χ1n) is 9.27. The minimum Gasteiger partial charge on any atom is -0.361 e. The van der Waals surface area contributed by atoms with E-state index in [2.05, 4.69) is 25.6 Å². The van der Waals surface area contributed by atoms with Crippen LogP contribution in [0.2, 0.25) is 0 Å². The monoisotopic (exact) mass is 382 g/mol. The summed E-state index contributed by atoms with van der Waals surface area (Å²) in [7, 11) is 0. The number of urea groups is 1. The van der Waals surface area contributed by atoms with E-state index in [-0.39, 0.29) is 6.03 Å². The highest BCUT2D eigenvalue weighted by Crippen LogP contribution is 2.33. The molecule has 1 aliphatic rings. The van der Waals surface area contributed by atoms with E-state index in [1.165, 1.54) is 0 Å². The van der Waals surface area contributed by atoms with Crippen LogP contribution in [0.15, 0.2) is 15.2 Å². The van der Waals surface area contributed by atoms with Gasteiger partial charge in [0.1, 0.15) is 11.3 Å². The molecule has 0 fully saturated rings. The molecule has 9 nitrogen and oxygen atoms in total. The van der Waals surface area contributed by atoms with Crippen molar-refractivity contribution >= 4 is 6.03 Å². The highest BCUT2D eigenvalue weighted by molar-refractivity contribution is 5.75. The quantitative estimate of drug-likeness (QED) is 0.741. The van der Waals surface area contributed by atoms with Gasteiger partial charge in [-0.1, -0.05) is 10.3 Å². The highest BCUT2D eigenvalue weighted by Gasteiger charge is 2.27. The summed E-state index contributed by atoms with van der Waals surface area (Å²) >= 11 is 0. The number of hydrogen-bond donors (Lipinski definition) is 1. The molecule has 0 bridgehead atoms. The molecule has 0 unspecified atom stereocenters. The fourth-order valence-corrected chi connectivity index (χ4v) is 3.60. The molecular weight excluding hydrogens is 360 g/mol. The van der Waals surface area contributed by atoms with Crippen LogP contribution in [0.25, 0.3) is 22.8 Å². The van der Waals surface area contributed by atoms with E-state index in [9.17, 15) is 4.79 Å². The van der Waals surface area contributed by atoms with Gasteiger partial charge in [-0.05, 0) is 45.2 Å². The van der Waals surface area contributed by atoms with E-state index in [4.69, 9.17) is 9.05 Å². The van der Waals surface area contributed by atoms with Gasteiger partial charge in [-0.25, -0.2) is 4.79 Å². The van der Waals surface area contributed by atoms with Crippen molar-refractivity contribution in [3.8, 4) is 22.8 Å². The Balaban J connectivity index is 1.71. The molecule has 146 valence electrons. The maximum absolute atomic E-state index is 12.2. The van der Waals surface area contributed by atoms with Crippen LogP contribution in [0, 0.1) is 20.8 Å². The minimum absolute atomic E-state index is 0.0597. The Bertz CT molecular complexity index is 1020. The molecule has 0 spiro atoms. The van der Waals surface area contributed by atoms with Crippen molar-refractivity contribution in [1.82, 2.24) is 30.5 Å². The molecule has 9 heteroatoms. The van der Waals surface area contributed by atoms with Crippen LogP contribution in [0.4, 0.5) is 4.79 Å². The number of aromatic nitrogens is 4. The van der Waals surface area contributed by atoms with Crippen LogP contribution in [0.1, 0.15) is 35.2 Å². The molecule has 0 aromatic carbocycles. The molecule has 0 aliphatic carbocycles. The third-order valence-corrected chi connectivity index (χ3v) is 4.97. The van der Waals surface area contributed by atoms with Crippen LogP contribution >= 0.6 is 0 Å². The normalized spacial score (nSPS) is 13.5. The van der Waals surface area contributed by atoms with E-state index in [1.54, 1.807) is 4.90 Å². The molecule has 1 aliphatic heterocycles. The number of nitrogens with zero attached hydrogens (tertiary/aromatic N) is 5. The second-order valence-electron chi connectivity index (χ2n) is 6.85. The summed E-state index contributed by atoms with van der Waals surface area (Å²) in [5, 5.41) is 11.0. The Morgan fingerprint density at radius 1 is 1.18 bits per heavy atom. The Kier molecular flexibility index (Phi) is 4.58. The minimum atomic E-state index is -0.0597. The van der Waals surface area contributed by atoms with Gasteiger partial charge in [0, 0.05) is 37.1 Å². The van der Waals surface area contributed by atoms with E-state index >= 15 is 0 Å². The van der Waals surface area contributed by atoms with Crippen molar-refractivity contribution in [2.45, 2.75) is 40.7 Å². The summed E-state index contributed by atoms with van der Waals surface area (Å²) in [6, 6.07) is -0.0597. The first kappa shape index (κ1) is 18.1. The first-order chi connectivity index (χ1) is 13.5. The third kappa shape index (κ3) is 3.02. The lowest BCUT2D eigenvalue weighted by Crippen LogP contribution is -2.42. The van der Waals surface area contributed by atoms with E-state index < -0.39 is 0 Å². The number of amides is 2. The van der Waals surface area contributed by atoms with Crippen LogP contribution in [0.3, 0.4) is 0 Å². The average molecular weight is 382 g/mol. The molecule has 0 atom stereocenters. The van der Waals surface area contributed by atoms with Gasteiger partial charge in [-0.2, -0.15) is 4.98 Å². The van der Waals surface area contributed by atoms with Crippen molar-refractivity contribution in [2.75, 3.05) is 13.1 Å². The second kappa shape index (κ2) is 7.06. The third-order valence-electron chi connectivity index (χ3n) is 4.97. The average Bonchev–Trinajstić information content (AvgIpc) is 3.27. The maximum Gasteiger partial charge on any atom is 0.317 e. The van der Waals surface area contributed by atoms with Gasteiger partial charge in [0.25, 0.3) is 5.89 Å². The number of carbonyl (C=O) groups is 1. The van der Waals surface area contributed by atoms with Gasteiger partial charge < -0.3 is 19.3 Å². The van der Waals surface area contributed by atoms with Gasteiger partial charge in [0.15, 0.2) is 0 Å². The zero-order valence-electron chi connectivity index (χ0n) is 16.4. The summed E-state index contributed by atoms with van der Waals surface area (Å²) in [5.74, 6) is 1.50. The Hall–Kier alpha value is -3.23. The van der Waals surface area contributed by atoms with Gasteiger partial charge in [0.05, 0.1) is 5.69 Å². The van der Waals surface area contributed by atoms with E-state index in [0.29, 0.717) is 49.2 Å². The number of carbonyl (C=O) groups excluding carboxylic acids is 1. The van der Waals surface area contributed by atoms with Crippen molar-refractivity contribution < 1.29 is 13.8 Å². The predicted molar refractivity (Wildman–Crippen MR) is 100 cm³/mol. The van der Waals surface area contributed by atoms with Crippen molar-refractivity contribution in [1.29, 1.82) is 0 Å². The summed E-state index contributed by atoms with van der Waals surface area (Å²) in [6.07, 6.45) is 2.54. The summed E-state index contributed by atoms with van der Waals surface area (Å²) in [6.45, 7) is 9.23. The summed E-state index contributed by atoms with van der Waals surface area (Å²) in [5.41, 5.74) is 5.24.